The van der Waals surface area contributed by atoms with Gasteiger partial charge >= 0.3 is 0 Å². The van der Waals surface area contributed by atoms with Gasteiger partial charge < -0.3 is 5.32 Å². The van der Waals surface area contributed by atoms with Crippen molar-refractivity contribution in [1.82, 2.24) is 9.97 Å². The van der Waals surface area contributed by atoms with Crippen LogP contribution in [-0.2, 0) is 6.42 Å². The molecule has 0 aromatic carbocycles. The van der Waals surface area contributed by atoms with Gasteiger partial charge in [-0.2, -0.15) is 0 Å². The van der Waals surface area contributed by atoms with E-state index in [1.165, 1.54) is 9.75 Å². The van der Waals surface area contributed by atoms with Crippen molar-refractivity contribution in [2.45, 2.75) is 41.0 Å². The van der Waals surface area contributed by atoms with E-state index in [1.807, 2.05) is 0 Å². The van der Waals surface area contributed by atoms with Crippen molar-refractivity contribution >= 4 is 17.2 Å². The number of aromatic nitrogens is 2. The van der Waals surface area contributed by atoms with E-state index in [1.54, 1.807) is 11.3 Å². The molecule has 0 spiro atoms. The molecular weight excluding hydrogens is 266 g/mol. The number of hydrogen-bond acceptors (Lipinski definition) is 4. The van der Waals surface area contributed by atoms with Gasteiger partial charge in [0.05, 0.1) is 0 Å². The first-order valence-corrected chi connectivity index (χ1v) is 8.00. The molecule has 3 nitrogen and oxygen atoms in total. The van der Waals surface area contributed by atoms with Crippen molar-refractivity contribution in [2.75, 3.05) is 11.9 Å². The third-order valence-electron chi connectivity index (χ3n) is 3.04. The molecule has 108 valence electrons. The quantitative estimate of drug-likeness (QED) is 0.883. The molecule has 0 saturated carbocycles. The number of nitrogens with one attached hydrogen (secondary N) is 1. The fraction of sp³-hybridized carbons (Fsp3) is 0.500. The minimum absolute atomic E-state index is 0.595. The second kappa shape index (κ2) is 6.35. The second-order valence-corrected chi connectivity index (χ2v) is 6.98. The van der Waals surface area contributed by atoms with Gasteiger partial charge in [0, 0.05) is 33.6 Å². The number of thiophene rings is 1. The van der Waals surface area contributed by atoms with Crippen LogP contribution < -0.4 is 5.32 Å². The predicted molar refractivity (Wildman–Crippen MR) is 87.5 cm³/mol. The highest BCUT2D eigenvalue weighted by molar-refractivity contribution is 7.12. The number of aryl methyl sites for hydroxylation is 2. The van der Waals surface area contributed by atoms with Crippen LogP contribution in [0.5, 0.6) is 0 Å². The molecule has 0 bridgehead atoms. The summed E-state index contributed by atoms with van der Waals surface area (Å²) >= 11 is 1.80. The van der Waals surface area contributed by atoms with Crippen LogP contribution in [0.25, 0.3) is 11.4 Å². The molecule has 2 aromatic rings. The Morgan fingerprint density at radius 2 is 1.95 bits per heavy atom. The summed E-state index contributed by atoms with van der Waals surface area (Å²) < 4.78 is 0. The molecule has 4 heteroatoms. The third kappa shape index (κ3) is 3.57. The summed E-state index contributed by atoms with van der Waals surface area (Å²) in [6.45, 7) is 11.7. The van der Waals surface area contributed by atoms with Gasteiger partial charge in [-0.3, -0.25) is 0 Å². The fourth-order valence-electron chi connectivity index (χ4n) is 2.27. The summed E-state index contributed by atoms with van der Waals surface area (Å²) in [5.41, 5.74) is 2.28. The molecule has 2 rings (SSSR count). The first kappa shape index (κ1) is 15.0. The number of hydrogen-bond donors (Lipinski definition) is 1. The summed E-state index contributed by atoms with van der Waals surface area (Å²) in [5, 5.41) is 3.31. The number of nitrogens with zero attached hydrogens (tertiary/aromatic N) is 2. The maximum atomic E-state index is 4.76. The minimum Gasteiger partial charge on any atom is -0.370 e. The van der Waals surface area contributed by atoms with Crippen molar-refractivity contribution in [3.63, 3.8) is 0 Å². The van der Waals surface area contributed by atoms with Crippen LogP contribution >= 0.6 is 11.3 Å². The van der Waals surface area contributed by atoms with Gasteiger partial charge in [-0.05, 0) is 39.2 Å². The first-order valence-electron chi connectivity index (χ1n) is 7.18. The van der Waals surface area contributed by atoms with Gasteiger partial charge in [-0.1, -0.05) is 13.8 Å². The van der Waals surface area contributed by atoms with Crippen LogP contribution in [-0.4, -0.2) is 16.5 Å². The van der Waals surface area contributed by atoms with Gasteiger partial charge in [0.2, 0.25) is 0 Å². The third-order valence-corrected chi connectivity index (χ3v) is 4.00. The summed E-state index contributed by atoms with van der Waals surface area (Å²) in [6.07, 6.45) is 0.982. The van der Waals surface area contributed by atoms with Crippen LogP contribution in [0.15, 0.2) is 12.1 Å². The molecule has 0 fully saturated rings. The van der Waals surface area contributed by atoms with Crippen molar-refractivity contribution in [3.05, 3.63) is 27.6 Å². The molecule has 0 aliphatic heterocycles. The van der Waals surface area contributed by atoms with Crippen LogP contribution in [0.2, 0.25) is 0 Å². The summed E-state index contributed by atoms with van der Waals surface area (Å²) in [6, 6.07) is 4.26. The molecule has 0 radical (unpaired) electrons. The maximum Gasteiger partial charge on any atom is 0.162 e. The highest BCUT2D eigenvalue weighted by Gasteiger charge is 2.12. The van der Waals surface area contributed by atoms with Gasteiger partial charge in [0.1, 0.15) is 5.82 Å². The average molecular weight is 289 g/mol. The predicted octanol–water partition coefficient (Wildman–Crippen LogP) is 4.45. The van der Waals surface area contributed by atoms with Crippen molar-refractivity contribution in [1.29, 1.82) is 0 Å². The van der Waals surface area contributed by atoms with Crippen LogP contribution in [0, 0.1) is 19.8 Å². The Morgan fingerprint density at radius 3 is 2.50 bits per heavy atom. The SMILES string of the molecule is CCNc1cc(CC(C)C)nc(-c2cc(C)sc2C)n1. The zero-order valence-corrected chi connectivity index (χ0v) is 13.8. The number of rotatable bonds is 5. The van der Waals surface area contributed by atoms with Crippen LogP contribution in [0.3, 0.4) is 0 Å². The van der Waals surface area contributed by atoms with Crippen molar-refractivity contribution in [3.8, 4) is 11.4 Å². The lowest BCUT2D eigenvalue weighted by atomic mass is 10.1. The summed E-state index contributed by atoms with van der Waals surface area (Å²) in [5.74, 6) is 2.37. The Balaban J connectivity index is 2.45. The highest BCUT2D eigenvalue weighted by atomic mass is 32.1. The van der Waals surface area contributed by atoms with Gasteiger partial charge in [0.25, 0.3) is 0 Å². The van der Waals surface area contributed by atoms with Gasteiger partial charge in [0.15, 0.2) is 5.82 Å². The molecule has 0 aliphatic rings. The Hall–Kier alpha value is -1.42. The van der Waals surface area contributed by atoms with Crippen LogP contribution in [0.4, 0.5) is 5.82 Å². The molecule has 0 saturated heterocycles. The van der Waals surface area contributed by atoms with Crippen LogP contribution in [0.1, 0.15) is 36.2 Å². The molecule has 0 aliphatic carbocycles. The standard InChI is InChI=1S/C16H23N3S/c1-6-17-15-9-13(7-10(2)3)18-16(19-15)14-8-11(4)20-12(14)5/h8-10H,6-7H2,1-5H3,(H,17,18,19). The Bertz CT molecular complexity index is 587. The fourth-order valence-corrected chi connectivity index (χ4v) is 3.19. The molecule has 20 heavy (non-hydrogen) atoms. The number of anilines is 1. The molecule has 0 amide bonds. The van der Waals surface area contributed by atoms with Crippen molar-refractivity contribution in [2.24, 2.45) is 5.92 Å². The zero-order valence-electron chi connectivity index (χ0n) is 12.9. The van der Waals surface area contributed by atoms with E-state index >= 15 is 0 Å². The van der Waals surface area contributed by atoms with Gasteiger partial charge in [-0.25, -0.2) is 9.97 Å². The molecule has 2 aromatic heterocycles. The summed E-state index contributed by atoms with van der Waals surface area (Å²) in [4.78, 5) is 12.0. The highest BCUT2D eigenvalue weighted by Crippen LogP contribution is 2.29. The van der Waals surface area contributed by atoms with E-state index in [-0.39, 0.29) is 0 Å². The van der Waals surface area contributed by atoms with Gasteiger partial charge in [-0.15, -0.1) is 11.3 Å². The zero-order chi connectivity index (χ0) is 14.7. The Morgan fingerprint density at radius 1 is 1.20 bits per heavy atom. The lowest BCUT2D eigenvalue weighted by Crippen LogP contribution is -2.06. The minimum atomic E-state index is 0.595. The molecule has 2 heterocycles. The van der Waals surface area contributed by atoms with E-state index < -0.39 is 0 Å². The lowest BCUT2D eigenvalue weighted by Gasteiger charge is -2.10. The average Bonchev–Trinajstić information content (AvgIpc) is 2.67. The maximum absolute atomic E-state index is 4.76. The second-order valence-electron chi connectivity index (χ2n) is 5.52. The molecule has 0 unspecified atom stereocenters. The van der Waals surface area contributed by atoms with Crippen molar-refractivity contribution < 1.29 is 0 Å². The molecule has 1 N–H and O–H groups in total. The molecule has 0 atom stereocenters. The smallest absolute Gasteiger partial charge is 0.162 e. The Kier molecular flexibility index (Phi) is 4.76. The van der Waals surface area contributed by atoms with E-state index in [2.05, 4.69) is 57.1 Å². The lowest BCUT2D eigenvalue weighted by molar-refractivity contribution is 0.635. The molecular formula is C16H23N3S. The largest absolute Gasteiger partial charge is 0.370 e. The Labute approximate surface area is 125 Å². The van der Waals surface area contributed by atoms with E-state index in [9.17, 15) is 0 Å². The topological polar surface area (TPSA) is 37.8 Å². The van der Waals surface area contributed by atoms with E-state index in [4.69, 9.17) is 4.98 Å². The summed E-state index contributed by atoms with van der Waals surface area (Å²) in [7, 11) is 0. The monoisotopic (exact) mass is 289 g/mol. The van der Waals surface area contributed by atoms with E-state index in [0.717, 1.165) is 35.9 Å². The first-order chi connectivity index (χ1) is 9.49. The normalized spacial score (nSPS) is 11.1. The van der Waals surface area contributed by atoms with E-state index in [0.29, 0.717) is 5.92 Å².